The molecule has 0 aromatic heterocycles. The smallest absolute Gasteiger partial charge is 0.246 e. The van der Waals surface area contributed by atoms with E-state index in [-0.39, 0.29) is 5.52 Å². The van der Waals surface area contributed by atoms with Crippen LogP contribution in [0.25, 0.3) is 0 Å². The fourth-order valence-corrected chi connectivity index (χ4v) is 2.44. The first-order chi connectivity index (χ1) is 7.79. The van der Waals surface area contributed by atoms with E-state index in [2.05, 4.69) is 0 Å². The number of hydrogen-bond donors (Lipinski definition) is 0. The third kappa shape index (κ3) is 2.23. The van der Waals surface area contributed by atoms with Crippen LogP contribution in [0.1, 0.15) is 10.4 Å². The number of benzene rings is 2. The number of rotatable bonds is 3. The summed E-state index contributed by atoms with van der Waals surface area (Å²) in [6, 6.07) is 17.5. The second-order valence-corrected chi connectivity index (χ2v) is 4.81. The lowest BCUT2D eigenvalue weighted by molar-refractivity contribution is 0.108. The Hall–Kier alpha value is -1.79. The molecule has 0 N–H and O–H groups in total. The topological polar surface area (TPSA) is 34.1 Å². The second-order valence-electron chi connectivity index (χ2n) is 3.30. The van der Waals surface area contributed by atoms with Crippen LogP contribution in [0.2, 0.25) is 0 Å². The van der Waals surface area contributed by atoms with E-state index < -0.39 is 7.80 Å². The van der Waals surface area contributed by atoms with Gasteiger partial charge in [0.1, 0.15) is 0 Å². The first-order valence-electron chi connectivity index (χ1n) is 4.91. The molecule has 0 fully saturated rings. The van der Waals surface area contributed by atoms with Crippen molar-refractivity contribution in [2.45, 2.75) is 0 Å². The summed E-state index contributed by atoms with van der Waals surface area (Å²) in [5.74, 6) is 0. The minimum absolute atomic E-state index is 0.318. The lowest BCUT2D eigenvalue weighted by atomic mass is 10.2. The number of carbonyl (C=O) groups excluding carboxylic acids is 1. The van der Waals surface area contributed by atoms with Crippen molar-refractivity contribution >= 4 is 18.6 Å². The molecule has 2 aromatic carbocycles. The standard InChI is InChI=1S/C13H10O2P/c14-13(11-7-3-1-4-8-11)16(15)12-9-5-2-6-10-12/h1-10H. The Balaban J connectivity index is 2.28. The van der Waals surface area contributed by atoms with Gasteiger partial charge >= 0.3 is 0 Å². The molecule has 0 saturated carbocycles. The summed E-state index contributed by atoms with van der Waals surface area (Å²) in [6.45, 7) is 0. The Morgan fingerprint density at radius 1 is 0.812 bits per heavy atom. The molecule has 0 bridgehead atoms. The van der Waals surface area contributed by atoms with Gasteiger partial charge in [0.15, 0.2) is 7.80 Å². The van der Waals surface area contributed by atoms with Gasteiger partial charge in [0.25, 0.3) is 0 Å². The van der Waals surface area contributed by atoms with E-state index in [1.807, 2.05) is 12.1 Å². The summed E-state index contributed by atoms with van der Waals surface area (Å²) in [6.07, 6.45) is 0. The van der Waals surface area contributed by atoms with Gasteiger partial charge in [-0.05, 0) is 12.1 Å². The molecule has 0 spiro atoms. The molecule has 0 aliphatic heterocycles. The van der Waals surface area contributed by atoms with Crippen LogP contribution in [-0.4, -0.2) is 5.52 Å². The van der Waals surface area contributed by atoms with E-state index in [4.69, 9.17) is 0 Å². The van der Waals surface area contributed by atoms with Crippen LogP contribution in [0.15, 0.2) is 60.7 Å². The van der Waals surface area contributed by atoms with Gasteiger partial charge in [0.05, 0.1) is 0 Å². The Morgan fingerprint density at radius 2 is 1.31 bits per heavy atom. The highest BCUT2D eigenvalue weighted by Crippen LogP contribution is 2.25. The van der Waals surface area contributed by atoms with E-state index in [9.17, 15) is 9.36 Å². The fraction of sp³-hybridized carbons (Fsp3) is 0. The highest BCUT2D eigenvalue weighted by atomic mass is 31.1. The molecule has 2 aromatic rings. The molecule has 2 rings (SSSR count). The van der Waals surface area contributed by atoms with Crippen molar-refractivity contribution in [1.82, 2.24) is 0 Å². The van der Waals surface area contributed by atoms with Gasteiger partial charge in [0, 0.05) is 10.9 Å². The van der Waals surface area contributed by atoms with Crippen LogP contribution in [0.5, 0.6) is 0 Å². The summed E-state index contributed by atoms with van der Waals surface area (Å²) in [4.78, 5) is 11.9. The molecule has 0 aliphatic carbocycles. The summed E-state index contributed by atoms with van der Waals surface area (Å²) in [5.41, 5.74) is 0.175. The largest absolute Gasteiger partial charge is 0.281 e. The molecule has 0 aliphatic rings. The van der Waals surface area contributed by atoms with Crippen molar-refractivity contribution in [3.8, 4) is 0 Å². The van der Waals surface area contributed by atoms with E-state index in [0.29, 0.717) is 10.9 Å². The molecule has 2 nitrogen and oxygen atoms in total. The Bertz CT molecular complexity index is 456. The molecule has 1 atom stereocenters. The summed E-state index contributed by atoms with van der Waals surface area (Å²) < 4.78 is 11.9. The summed E-state index contributed by atoms with van der Waals surface area (Å²) in [5, 5.41) is 0.575. The number of carbonyl (C=O) groups is 1. The van der Waals surface area contributed by atoms with E-state index in [1.165, 1.54) is 0 Å². The molecule has 3 heteroatoms. The monoisotopic (exact) mass is 229 g/mol. The zero-order valence-corrected chi connectivity index (χ0v) is 9.43. The summed E-state index contributed by atoms with van der Waals surface area (Å²) >= 11 is 0. The van der Waals surface area contributed by atoms with Gasteiger partial charge < -0.3 is 0 Å². The van der Waals surface area contributed by atoms with Crippen molar-refractivity contribution < 1.29 is 9.36 Å². The first-order valence-corrected chi connectivity index (χ1v) is 6.16. The van der Waals surface area contributed by atoms with Gasteiger partial charge in [0.2, 0.25) is 5.52 Å². The normalized spacial score (nSPS) is 10.9. The predicted octanol–water partition coefficient (Wildman–Crippen LogP) is 2.98. The van der Waals surface area contributed by atoms with Gasteiger partial charge in [-0.25, -0.2) is 0 Å². The molecule has 0 heterocycles. The van der Waals surface area contributed by atoms with Crippen molar-refractivity contribution in [2.24, 2.45) is 0 Å². The fourth-order valence-electron chi connectivity index (χ4n) is 1.38. The summed E-state index contributed by atoms with van der Waals surface area (Å²) in [7, 11) is -2.00. The molecular weight excluding hydrogens is 219 g/mol. The lowest BCUT2D eigenvalue weighted by Gasteiger charge is -2.00. The quantitative estimate of drug-likeness (QED) is 0.758. The van der Waals surface area contributed by atoms with Crippen LogP contribution < -0.4 is 5.30 Å². The van der Waals surface area contributed by atoms with Crippen LogP contribution in [0.3, 0.4) is 0 Å². The van der Waals surface area contributed by atoms with Gasteiger partial charge in [-0.1, -0.05) is 48.5 Å². The maximum atomic E-state index is 11.9. The maximum Gasteiger partial charge on any atom is 0.246 e. The Morgan fingerprint density at radius 3 is 1.88 bits per heavy atom. The zero-order chi connectivity index (χ0) is 11.4. The van der Waals surface area contributed by atoms with Crippen molar-refractivity contribution in [2.75, 3.05) is 0 Å². The average Bonchev–Trinajstić information content (AvgIpc) is 2.39. The molecular formula is C13H10O2P. The van der Waals surface area contributed by atoms with Gasteiger partial charge in [-0.2, -0.15) is 0 Å². The maximum absolute atomic E-state index is 11.9. The molecule has 79 valence electrons. The van der Waals surface area contributed by atoms with Crippen LogP contribution in [0, 0.1) is 0 Å². The van der Waals surface area contributed by atoms with Gasteiger partial charge in [-0.3, -0.25) is 9.36 Å². The van der Waals surface area contributed by atoms with Crippen LogP contribution >= 0.6 is 7.80 Å². The molecule has 0 saturated heterocycles. The minimum atomic E-state index is -2.00. The molecule has 1 radical (unpaired) electrons. The highest BCUT2D eigenvalue weighted by molar-refractivity contribution is 7.71. The average molecular weight is 229 g/mol. The lowest BCUT2D eigenvalue weighted by Crippen LogP contribution is -2.03. The first kappa shape index (κ1) is 10.7. The van der Waals surface area contributed by atoms with Gasteiger partial charge in [-0.15, -0.1) is 0 Å². The third-order valence-electron chi connectivity index (χ3n) is 2.20. The van der Waals surface area contributed by atoms with Crippen molar-refractivity contribution in [3.63, 3.8) is 0 Å². The minimum Gasteiger partial charge on any atom is -0.281 e. The van der Waals surface area contributed by atoms with E-state index >= 15 is 0 Å². The van der Waals surface area contributed by atoms with E-state index in [0.717, 1.165) is 0 Å². The Kier molecular flexibility index (Phi) is 3.23. The van der Waals surface area contributed by atoms with Crippen molar-refractivity contribution in [1.29, 1.82) is 0 Å². The molecule has 1 unspecified atom stereocenters. The molecule has 0 amide bonds. The highest BCUT2D eigenvalue weighted by Gasteiger charge is 2.16. The third-order valence-corrected chi connectivity index (χ3v) is 3.59. The Labute approximate surface area is 94.7 Å². The van der Waals surface area contributed by atoms with E-state index in [1.54, 1.807) is 48.5 Å². The van der Waals surface area contributed by atoms with Crippen molar-refractivity contribution in [3.05, 3.63) is 66.2 Å². The molecule has 16 heavy (non-hydrogen) atoms. The predicted molar refractivity (Wildman–Crippen MR) is 64.5 cm³/mol. The number of hydrogen-bond acceptors (Lipinski definition) is 2. The second kappa shape index (κ2) is 4.82. The van der Waals surface area contributed by atoms with Crippen LogP contribution in [-0.2, 0) is 4.57 Å². The van der Waals surface area contributed by atoms with Crippen LogP contribution in [0.4, 0.5) is 0 Å². The SMILES string of the molecule is O=C(c1ccccc1)[P](=O)c1ccccc1. The zero-order valence-electron chi connectivity index (χ0n) is 8.54.